The van der Waals surface area contributed by atoms with E-state index in [0.29, 0.717) is 25.7 Å². The lowest BCUT2D eigenvalue weighted by Crippen LogP contribution is -2.52. The molecule has 2 rings (SSSR count). The number of rotatable bonds is 47. The maximum absolute atomic E-state index is 13.5. The average Bonchev–Trinajstić information content (AvgIpc) is 3.88. The van der Waals surface area contributed by atoms with E-state index in [-0.39, 0.29) is 66.4 Å². The molecule has 5 atom stereocenters. The van der Waals surface area contributed by atoms with Gasteiger partial charge in [-0.05, 0) is 109 Å². The first-order chi connectivity index (χ1) is 33.7. The van der Waals surface area contributed by atoms with E-state index >= 15 is 0 Å². The zero-order chi connectivity index (χ0) is 50.0. The van der Waals surface area contributed by atoms with Gasteiger partial charge in [0.2, 0.25) is 17.7 Å². The number of nitrogens with one attached hydrogen (secondary N) is 4. The summed E-state index contributed by atoms with van der Waals surface area (Å²) in [4.78, 5) is 66.3. The molecular weight excluding hydrogens is 865 g/mol. The molecule has 2 fully saturated rings. The van der Waals surface area contributed by atoms with Crippen molar-refractivity contribution in [3.8, 4) is 0 Å². The Morgan fingerprint density at radius 1 is 0.493 bits per heavy atom. The topological polar surface area (TPSA) is 152 Å². The third kappa shape index (κ3) is 31.4. The maximum atomic E-state index is 13.5. The highest BCUT2D eigenvalue weighted by atomic mass is 16.5. The Bertz CT molecular complexity index is 1300. The van der Waals surface area contributed by atoms with Crippen molar-refractivity contribution >= 4 is 29.7 Å². The van der Waals surface area contributed by atoms with Crippen LogP contribution in [0, 0.1) is 17.8 Å². The van der Waals surface area contributed by atoms with Crippen LogP contribution in [0.15, 0.2) is 0 Å². The van der Waals surface area contributed by atoms with Gasteiger partial charge in [0.1, 0.15) is 6.04 Å². The predicted molar refractivity (Wildman–Crippen MR) is 284 cm³/mol. The smallest absolute Gasteiger partial charge is 0.308 e. The molecule has 1 aliphatic heterocycles. The van der Waals surface area contributed by atoms with Crippen LogP contribution >= 0.6 is 0 Å². The third-order valence-electron chi connectivity index (χ3n) is 15.0. The molecule has 2 aliphatic rings. The summed E-state index contributed by atoms with van der Waals surface area (Å²) in [6, 6.07) is -1.01. The van der Waals surface area contributed by atoms with Gasteiger partial charge in [-0.1, -0.05) is 175 Å². The van der Waals surface area contributed by atoms with E-state index < -0.39 is 6.04 Å². The van der Waals surface area contributed by atoms with Gasteiger partial charge in [-0.3, -0.25) is 24.0 Å². The largest absolute Gasteiger partial charge is 0.465 e. The highest BCUT2D eigenvalue weighted by molar-refractivity contribution is 5.90. The minimum atomic E-state index is -0.789. The second-order valence-corrected chi connectivity index (χ2v) is 21.2. The van der Waals surface area contributed by atoms with Gasteiger partial charge in [-0.25, -0.2) is 0 Å². The summed E-state index contributed by atoms with van der Waals surface area (Å²) in [6.45, 7) is 11.1. The number of hydrogen-bond donors (Lipinski definition) is 4. The molecule has 0 bridgehead atoms. The van der Waals surface area contributed by atoms with Crippen molar-refractivity contribution in [3.63, 3.8) is 0 Å². The van der Waals surface area contributed by atoms with E-state index in [9.17, 15) is 24.0 Å². The van der Waals surface area contributed by atoms with Crippen LogP contribution in [-0.4, -0.2) is 74.1 Å². The van der Waals surface area contributed by atoms with E-state index in [1.807, 2.05) is 0 Å². The van der Waals surface area contributed by atoms with Crippen LogP contribution < -0.4 is 21.3 Å². The van der Waals surface area contributed by atoms with E-state index in [0.717, 1.165) is 135 Å². The lowest BCUT2D eigenvalue weighted by atomic mass is 9.78. The van der Waals surface area contributed by atoms with Crippen LogP contribution in [0.25, 0.3) is 0 Å². The maximum Gasteiger partial charge on any atom is 0.308 e. The van der Waals surface area contributed by atoms with Crippen molar-refractivity contribution in [2.45, 2.75) is 296 Å². The summed E-state index contributed by atoms with van der Waals surface area (Å²) in [5, 5.41) is 12.5. The summed E-state index contributed by atoms with van der Waals surface area (Å²) in [5.74, 6) is -0.0460. The van der Waals surface area contributed by atoms with E-state index in [1.54, 1.807) is 0 Å². The lowest BCUT2D eigenvalue weighted by Gasteiger charge is -2.34. The normalized spacial score (nSPS) is 16.6. The first kappa shape index (κ1) is 62.4. The van der Waals surface area contributed by atoms with E-state index in [2.05, 4.69) is 49.0 Å². The number of carbonyl (C=O) groups excluding carboxylic acids is 5. The lowest BCUT2D eigenvalue weighted by molar-refractivity contribution is -0.150. The fourth-order valence-corrected chi connectivity index (χ4v) is 10.1. The van der Waals surface area contributed by atoms with Gasteiger partial charge >= 0.3 is 11.9 Å². The number of carbonyl (C=O) groups is 5. The van der Waals surface area contributed by atoms with Crippen LogP contribution in [0.3, 0.4) is 0 Å². The van der Waals surface area contributed by atoms with Crippen LogP contribution in [0.1, 0.15) is 278 Å². The van der Waals surface area contributed by atoms with E-state index in [4.69, 9.17) is 9.47 Å². The van der Waals surface area contributed by atoms with Gasteiger partial charge in [0.25, 0.3) is 0 Å². The fraction of sp³-hybridized carbons (Fsp3) is 0.914. The molecule has 1 heterocycles. The molecule has 0 aromatic carbocycles. The highest BCUT2D eigenvalue weighted by Gasteiger charge is 2.31. The molecule has 69 heavy (non-hydrogen) atoms. The molecular formula is C58H108N4O7. The SMILES string of the molecule is CCCCCCCCC(CCCCCC)C(=O)OCCCCCCNC(=O)[C@H](CCC(=O)NC(CCCCCOC(=O)C(CCCCCC)CCCCCCCC)C1CCC1)NC(=O)[C@@H]1CCCN1. The zero-order valence-electron chi connectivity index (χ0n) is 45.2. The highest BCUT2D eigenvalue weighted by Crippen LogP contribution is 2.32. The van der Waals surface area contributed by atoms with Crippen molar-refractivity contribution in [3.05, 3.63) is 0 Å². The van der Waals surface area contributed by atoms with Gasteiger partial charge in [-0.2, -0.15) is 0 Å². The van der Waals surface area contributed by atoms with Gasteiger partial charge in [0, 0.05) is 19.0 Å². The Kier molecular flexibility index (Phi) is 38.9. The predicted octanol–water partition coefficient (Wildman–Crippen LogP) is 13.3. The molecule has 402 valence electrons. The van der Waals surface area contributed by atoms with Crippen molar-refractivity contribution < 1.29 is 33.4 Å². The molecule has 11 nitrogen and oxygen atoms in total. The monoisotopic (exact) mass is 973 g/mol. The van der Waals surface area contributed by atoms with Crippen molar-refractivity contribution in [1.29, 1.82) is 0 Å². The summed E-state index contributed by atoms with van der Waals surface area (Å²) < 4.78 is 11.6. The van der Waals surface area contributed by atoms with Gasteiger partial charge in [-0.15, -0.1) is 0 Å². The molecule has 0 radical (unpaired) electrons. The molecule has 3 unspecified atom stereocenters. The van der Waals surface area contributed by atoms with Crippen molar-refractivity contribution in [1.82, 2.24) is 21.3 Å². The molecule has 1 aliphatic carbocycles. The minimum absolute atomic E-state index is 0.0104. The summed E-state index contributed by atoms with van der Waals surface area (Å²) in [5.41, 5.74) is 0. The molecule has 0 aromatic rings. The standard InChI is InChI=1S/C58H108N4O7/c1-5-9-13-17-19-26-36-49(34-24-15-11-7-3)57(66)68-46-30-22-21-29-44-60-55(64)53(62-56(65)52-41-33-45-59-52)42-43-54(63)61-51(48-38-32-39-48)40-28-23-31-47-69-58(67)50(35-25-16-12-8-4)37-27-20-18-14-10-6-2/h48-53,59H,5-47H2,1-4H3,(H,60,64)(H,61,63)(H,62,65)/t49?,50?,51?,52-,53-/m0/s1. The van der Waals surface area contributed by atoms with Crippen molar-refractivity contribution in [2.24, 2.45) is 17.8 Å². The van der Waals surface area contributed by atoms with E-state index in [1.165, 1.54) is 109 Å². The van der Waals surface area contributed by atoms with Crippen LogP contribution in [-0.2, 0) is 33.4 Å². The number of hydrogen-bond acceptors (Lipinski definition) is 8. The minimum Gasteiger partial charge on any atom is -0.465 e. The quantitative estimate of drug-likeness (QED) is 0.0347. The molecule has 1 saturated carbocycles. The summed E-state index contributed by atoms with van der Waals surface area (Å²) >= 11 is 0. The first-order valence-electron chi connectivity index (χ1n) is 29.7. The number of amides is 3. The molecule has 11 heteroatoms. The second kappa shape index (κ2) is 42.9. The molecule has 1 saturated heterocycles. The Hall–Kier alpha value is -2.69. The van der Waals surface area contributed by atoms with Crippen LogP contribution in [0.5, 0.6) is 0 Å². The third-order valence-corrected chi connectivity index (χ3v) is 15.0. The number of esters is 2. The molecule has 4 N–H and O–H groups in total. The average molecular weight is 974 g/mol. The Labute approximate surface area is 423 Å². The van der Waals surface area contributed by atoms with Crippen LogP contribution in [0.4, 0.5) is 0 Å². The van der Waals surface area contributed by atoms with Crippen LogP contribution in [0.2, 0.25) is 0 Å². The fourth-order valence-electron chi connectivity index (χ4n) is 10.1. The molecule has 3 amide bonds. The second-order valence-electron chi connectivity index (χ2n) is 21.2. The Balaban J connectivity index is 1.76. The zero-order valence-corrected chi connectivity index (χ0v) is 45.2. The Morgan fingerprint density at radius 2 is 0.942 bits per heavy atom. The Morgan fingerprint density at radius 3 is 1.42 bits per heavy atom. The molecule has 0 aromatic heterocycles. The number of unbranched alkanes of at least 4 members (excludes halogenated alkanes) is 21. The first-order valence-corrected chi connectivity index (χ1v) is 29.7. The van der Waals surface area contributed by atoms with Crippen molar-refractivity contribution in [2.75, 3.05) is 26.3 Å². The summed E-state index contributed by atoms with van der Waals surface area (Å²) in [7, 11) is 0. The van der Waals surface area contributed by atoms with Gasteiger partial charge in [0.05, 0.1) is 31.1 Å². The summed E-state index contributed by atoms with van der Waals surface area (Å²) in [6.07, 6.45) is 40.3. The van der Waals surface area contributed by atoms with Gasteiger partial charge in [0.15, 0.2) is 0 Å². The molecule has 0 spiro atoms. The number of ether oxygens (including phenoxy) is 2. The van der Waals surface area contributed by atoms with Gasteiger partial charge < -0.3 is 30.7 Å².